The average Bonchev–Trinajstić information content (AvgIpc) is 3.84. The van der Waals surface area contributed by atoms with Gasteiger partial charge in [0, 0.05) is 34.7 Å². The molecule has 16 heteroatoms. The Morgan fingerprint density at radius 3 is 2.34 bits per heavy atom. The Morgan fingerprint density at radius 1 is 0.910 bits per heavy atom. The van der Waals surface area contributed by atoms with Crippen LogP contribution in [0.15, 0.2) is 71.5 Å². The van der Waals surface area contributed by atoms with Gasteiger partial charge in [-0.3, -0.25) is 14.4 Å². The number of esters is 1. The average molecular weight is 911 g/mol. The van der Waals surface area contributed by atoms with Crippen molar-refractivity contribution in [3.05, 3.63) is 116 Å². The summed E-state index contributed by atoms with van der Waals surface area (Å²) in [6.45, 7) is 6.96. The molecule has 0 bridgehead atoms. The first-order chi connectivity index (χ1) is 32.1. The maximum Gasteiger partial charge on any atom is 0.407 e. The summed E-state index contributed by atoms with van der Waals surface area (Å²) in [5.41, 5.74) is 7.00. The monoisotopic (exact) mass is 910 g/mol. The van der Waals surface area contributed by atoms with Gasteiger partial charge in [0.2, 0.25) is 11.8 Å². The van der Waals surface area contributed by atoms with E-state index in [9.17, 15) is 33.9 Å². The number of rotatable bonds is 13. The number of pyridine rings is 2. The van der Waals surface area contributed by atoms with Crippen LogP contribution in [0.4, 0.5) is 15.3 Å². The van der Waals surface area contributed by atoms with Gasteiger partial charge in [0.25, 0.3) is 5.56 Å². The van der Waals surface area contributed by atoms with Crippen molar-refractivity contribution >= 4 is 46.6 Å². The third kappa shape index (κ3) is 8.61. The summed E-state index contributed by atoms with van der Waals surface area (Å²) in [6, 6.07) is 20.3. The number of ether oxygens (including phenoxy) is 3. The fourth-order valence-electron chi connectivity index (χ4n) is 9.95. The van der Waals surface area contributed by atoms with Gasteiger partial charge < -0.3 is 45.2 Å². The van der Waals surface area contributed by atoms with Crippen molar-refractivity contribution in [2.45, 2.75) is 109 Å². The molecule has 67 heavy (non-hydrogen) atoms. The maximum atomic E-state index is 14.2. The van der Waals surface area contributed by atoms with Crippen LogP contribution < -0.4 is 26.8 Å². The molecule has 9 rings (SSSR count). The highest BCUT2D eigenvalue weighted by molar-refractivity contribution is 6.02. The quantitative estimate of drug-likeness (QED) is 0.0498. The first-order valence-corrected chi connectivity index (χ1v) is 23.0. The van der Waals surface area contributed by atoms with Crippen LogP contribution in [0, 0.1) is 0 Å². The van der Waals surface area contributed by atoms with Crippen LogP contribution >= 0.6 is 0 Å². The van der Waals surface area contributed by atoms with Gasteiger partial charge in [-0.15, -0.1) is 0 Å². The first-order valence-electron chi connectivity index (χ1n) is 23.0. The Labute approximate surface area is 386 Å². The van der Waals surface area contributed by atoms with Crippen LogP contribution in [0.5, 0.6) is 0 Å². The van der Waals surface area contributed by atoms with Crippen molar-refractivity contribution in [2.24, 2.45) is 0 Å². The van der Waals surface area contributed by atoms with E-state index in [2.05, 4.69) is 21.3 Å². The maximum absolute atomic E-state index is 14.2. The van der Waals surface area contributed by atoms with Crippen LogP contribution in [0.1, 0.15) is 105 Å². The standard InChI is InChI=1S/C51H54N6O10/c1-5-51(64)37-23-41-44-34(25-57(41)46(60)36(37)27-65-47(51)61)32-17-12-18-33-38(20-21-39(55-44)43(32)33)56-45(59)40(19-10-11-22-52-49(63)67-50(2,3)4)54-42(58)24-53-48(62)66-26-35-30-15-8-6-13-28(30)29-14-7-9-16-31(29)35/h6-9,13-16,20-21,23,35,40,64H,5,10-12,17-19,22,24-27H2,1-4H3,(H,52,63)(H,53,62)(H,54,58)(H,56,59)/t40-,51-/m0/s1. The molecule has 5 aromatic rings. The van der Waals surface area contributed by atoms with Gasteiger partial charge in [0.15, 0.2) is 5.60 Å². The molecule has 0 unspecified atom stereocenters. The predicted octanol–water partition coefficient (Wildman–Crippen LogP) is 6.23. The van der Waals surface area contributed by atoms with E-state index in [1.54, 1.807) is 44.4 Å². The molecular weight excluding hydrogens is 857 g/mol. The summed E-state index contributed by atoms with van der Waals surface area (Å²) in [6.07, 6.45) is 2.01. The third-order valence-electron chi connectivity index (χ3n) is 13.2. The smallest absolute Gasteiger partial charge is 0.407 e. The lowest BCUT2D eigenvalue weighted by Crippen LogP contribution is -2.47. The molecule has 0 radical (unpaired) electrons. The number of hydrogen-bond acceptors (Lipinski definition) is 11. The third-order valence-corrected chi connectivity index (χ3v) is 13.2. The lowest BCUT2D eigenvalue weighted by atomic mass is 9.85. The number of aliphatic hydroxyl groups is 1. The highest BCUT2D eigenvalue weighted by Gasteiger charge is 2.46. The molecule has 0 saturated heterocycles. The molecule has 2 aliphatic carbocycles. The van der Waals surface area contributed by atoms with E-state index in [1.165, 1.54) is 0 Å². The fraction of sp³-hybridized carbons (Fsp3) is 0.392. The van der Waals surface area contributed by atoms with Gasteiger partial charge in [-0.1, -0.05) is 55.5 Å². The summed E-state index contributed by atoms with van der Waals surface area (Å²) in [4.78, 5) is 84.5. The molecule has 4 amide bonds. The molecular formula is C51H54N6O10. The Kier molecular flexibility index (Phi) is 12.1. The molecule has 4 aliphatic rings. The number of carbonyl (C=O) groups is 5. The molecule has 0 spiro atoms. The second-order valence-corrected chi connectivity index (χ2v) is 18.6. The second-order valence-electron chi connectivity index (χ2n) is 18.6. The van der Waals surface area contributed by atoms with Crippen molar-refractivity contribution in [3.8, 4) is 22.5 Å². The van der Waals surface area contributed by atoms with E-state index in [0.29, 0.717) is 54.8 Å². The SMILES string of the molecule is CC[C@@]1(O)C(=O)OCc2c1cc1n(c2=O)Cc2c-1nc1ccc(NC(=O)[C@H](CCCCNC(=O)OC(C)(C)C)NC(=O)CNC(=O)OCC3c4ccccc4-c4ccccc43)c3c1c2CCC3. The van der Waals surface area contributed by atoms with E-state index in [0.717, 1.165) is 50.8 Å². The molecule has 2 aliphatic heterocycles. The molecule has 3 aromatic carbocycles. The van der Waals surface area contributed by atoms with Crippen molar-refractivity contribution in [3.63, 3.8) is 0 Å². The van der Waals surface area contributed by atoms with Gasteiger partial charge >= 0.3 is 18.2 Å². The number of cyclic esters (lactones) is 1. The van der Waals surface area contributed by atoms with Crippen LogP contribution in [-0.4, -0.2) is 76.0 Å². The number of amides is 4. The molecule has 2 atom stereocenters. The lowest BCUT2D eigenvalue weighted by molar-refractivity contribution is -0.172. The molecule has 0 saturated carbocycles. The van der Waals surface area contributed by atoms with Gasteiger partial charge in [-0.25, -0.2) is 19.4 Å². The zero-order chi connectivity index (χ0) is 47.2. The number of unbranched alkanes of at least 4 members (excludes halogenated alkanes) is 1. The minimum Gasteiger partial charge on any atom is -0.458 e. The van der Waals surface area contributed by atoms with E-state index in [1.807, 2.05) is 54.6 Å². The minimum atomic E-state index is -1.94. The van der Waals surface area contributed by atoms with Crippen molar-refractivity contribution in [1.82, 2.24) is 25.5 Å². The number of hydrogen-bond donors (Lipinski definition) is 5. The molecule has 4 heterocycles. The largest absolute Gasteiger partial charge is 0.458 e. The number of anilines is 1. The van der Waals surface area contributed by atoms with E-state index in [-0.39, 0.29) is 55.2 Å². The number of nitrogens with zero attached hydrogens (tertiary/aromatic N) is 2. The van der Waals surface area contributed by atoms with Crippen LogP contribution in [-0.2, 0) is 60.2 Å². The minimum absolute atomic E-state index is 0.0386. The number of fused-ring (bicyclic) bond motifs is 8. The van der Waals surface area contributed by atoms with E-state index < -0.39 is 53.8 Å². The van der Waals surface area contributed by atoms with E-state index in [4.69, 9.17) is 19.2 Å². The molecule has 2 aromatic heterocycles. The van der Waals surface area contributed by atoms with E-state index >= 15 is 0 Å². The number of benzene rings is 3. The summed E-state index contributed by atoms with van der Waals surface area (Å²) >= 11 is 0. The van der Waals surface area contributed by atoms with Gasteiger partial charge in [0.1, 0.15) is 31.4 Å². The predicted molar refractivity (Wildman–Crippen MR) is 248 cm³/mol. The Balaban J connectivity index is 0.906. The molecule has 16 nitrogen and oxygen atoms in total. The van der Waals surface area contributed by atoms with Crippen LogP contribution in [0.25, 0.3) is 33.4 Å². The Morgan fingerprint density at radius 2 is 1.63 bits per heavy atom. The number of aryl methyl sites for hydroxylation is 2. The van der Waals surface area contributed by atoms with Crippen molar-refractivity contribution in [2.75, 3.05) is 25.0 Å². The molecule has 5 N–H and O–H groups in total. The number of aromatic nitrogens is 2. The van der Waals surface area contributed by atoms with Gasteiger partial charge in [-0.2, -0.15) is 0 Å². The topological polar surface area (TPSA) is 216 Å². The lowest BCUT2D eigenvalue weighted by Gasteiger charge is -2.31. The molecule has 348 valence electrons. The number of carbonyl (C=O) groups excluding carboxylic acids is 5. The highest BCUT2D eigenvalue weighted by atomic mass is 16.6. The molecule has 0 fully saturated rings. The van der Waals surface area contributed by atoms with Crippen molar-refractivity contribution < 1.29 is 43.3 Å². The van der Waals surface area contributed by atoms with Crippen LogP contribution in [0.3, 0.4) is 0 Å². The second kappa shape index (κ2) is 18.0. The zero-order valence-electron chi connectivity index (χ0n) is 38.0. The summed E-state index contributed by atoms with van der Waals surface area (Å²) < 4.78 is 17.8. The zero-order valence-corrected chi connectivity index (χ0v) is 38.0. The van der Waals surface area contributed by atoms with Gasteiger partial charge in [0.05, 0.1) is 29.0 Å². The van der Waals surface area contributed by atoms with Crippen LogP contribution in [0.2, 0.25) is 0 Å². The normalized spacial score (nSPS) is 16.9. The Hall–Kier alpha value is -7.07. The Bertz CT molecular complexity index is 2870. The number of nitrogens with one attached hydrogen (secondary N) is 4. The highest BCUT2D eigenvalue weighted by Crippen LogP contribution is 2.45. The fourth-order valence-corrected chi connectivity index (χ4v) is 9.95. The van der Waals surface area contributed by atoms with Gasteiger partial charge in [-0.05, 0) is 117 Å². The summed E-state index contributed by atoms with van der Waals surface area (Å²) in [5, 5.41) is 23.4. The number of alkyl carbamates (subject to hydrolysis) is 2. The summed E-state index contributed by atoms with van der Waals surface area (Å²) in [5.74, 6) is -1.99. The van der Waals surface area contributed by atoms with Crippen molar-refractivity contribution in [1.29, 1.82) is 0 Å². The first kappa shape index (κ1) is 45.1. The summed E-state index contributed by atoms with van der Waals surface area (Å²) in [7, 11) is 0.